The minimum Gasteiger partial charge on any atom is -0.495 e. The molecule has 23 heavy (non-hydrogen) atoms. The maximum atomic E-state index is 12.9. The summed E-state index contributed by atoms with van der Waals surface area (Å²) in [5.41, 5.74) is -0.905. The zero-order valence-corrected chi connectivity index (χ0v) is 12.5. The molecule has 8 heteroatoms. The number of aromatic amines is 1. The van der Waals surface area contributed by atoms with E-state index in [4.69, 9.17) is 16.3 Å². The average Bonchev–Trinajstić information content (AvgIpc) is 2.80. The second-order valence-electron chi connectivity index (χ2n) is 4.78. The molecular weight excluding hydrogens is 333 g/mol. The molecule has 0 fully saturated rings. The number of fused-ring (bicyclic) bond motifs is 1. The van der Waals surface area contributed by atoms with Crippen LogP contribution in [0, 0.1) is 0 Å². The number of benzene rings is 2. The first-order valence-electron chi connectivity index (χ1n) is 6.48. The summed E-state index contributed by atoms with van der Waals surface area (Å²) < 4.78 is 45.2. The third-order valence-electron chi connectivity index (χ3n) is 3.40. The Morgan fingerprint density at radius 3 is 2.57 bits per heavy atom. The summed E-state index contributed by atoms with van der Waals surface area (Å²) in [5.74, 6) is 0.409. The minimum absolute atomic E-state index is 0.0395. The van der Waals surface area contributed by atoms with E-state index in [1.807, 2.05) is 0 Å². The number of para-hydroxylation sites is 2. The molecule has 0 bridgehead atoms. The molecular formula is C15H10ClF3N2O2. The molecule has 120 valence electrons. The van der Waals surface area contributed by atoms with Gasteiger partial charge in [-0.05, 0) is 24.3 Å². The van der Waals surface area contributed by atoms with Crippen molar-refractivity contribution in [2.45, 2.75) is 6.18 Å². The minimum atomic E-state index is -4.60. The summed E-state index contributed by atoms with van der Waals surface area (Å²) in [7, 11) is 1.44. The summed E-state index contributed by atoms with van der Waals surface area (Å²) in [6.45, 7) is 0. The molecule has 0 aliphatic heterocycles. The summed E-state index contributed by atoms with van der Waals surface area (Å²) >= 11 is 5.75. The van der Waals surface area contributed by atoms with Gasteiger partial charge in [0.1, 0.15) is 5.75 Å². The van der Waals surface area contributed by atoms with Gasteiger partial charge >= 0.3 is 11.9 Å². The van der Waals surface area contributed by atoms with Gasteiger partial charge in [0.05, 0.1) is 34.4 Å². The lowest BCUT2D eigenvalue weighted by Crippen LogP contribution is -2.15. The van der Waals surface area contributed by atoms with Crippen LogP contribution in [0.2, 0.25) is 5.02 Å². The number of aromatic nitrogens is 2. The molecule has 0 saturated carbocycles. The van der Waals surface area contributed by atoms with E-state index < -0.39 is 22.5 Å². The van der Waals surface area contributed by atoms with Crippen molar-refractivity contribution in [2.24, 2.45) is 0 Å². The van der Waals surface area contributed by atoms with Gasteiger partial charge in [-0.25, -0.2) is 4.79 Å². The Morgan fingerprint density at radius 1 is 1.22 bits per heavy atom. The second kappa shape index (κ2) is 5.34. The predicted octanol–water partition coefficient (Wildman–Crippen LogP) is 4.00. The quantitative estimate of drug-likeness (QED) is 0.765. The number of imidazole rings is 1. The number of halogens is 4. The van der Waals surface area contributed by atoms with Crippen molar-refractivity contribution in [2.75, 3.05) is 7.11 Å². The molecule has 1 heterocycles. The van der Waals surface area contributed by atoms with Crippen molar-refractivity contribution >= 4 is 22.6 Å². The highest BCUT2D eigenvalue weighted by molar-refractivity contribution is 6.32. The number of alkyl halides is 3. The van der Waals surface area contributed by atoms with Crippen LogP contribution < -0.4 is 10.4 Å². The third kappa shape index (κ3) is 2.57. The first kappa shape index (κ1) is 15.5. The fourth-order valence-corrected chi connectivity index (χ4v) is 2.66. The Morgan fingerprint density at radius 2 is 1.91 bits per heavy atom. The van der Waals surface area contributed by atoms with Crippen molar-refractivity contribution < 1.29 is 17.9 Å². The van der Waals surface area contributed by atoms with E-state index in [1.165, 1.54) is 11.7 Å². The highest BCUT2D eigenvalue weighted by atomic mass is 35.5. The molecule has 4 nitrogen and oxygen atoms in total. The van der Waals surface area contributed by atoms with Crippen LogP contribution in [0.1, 0.15) is 5.56 Å². The molecule has 3 aromatic rings. The monoisotopic (exact) mass is 342 g/mol. The van der Waals surface area contributed by atoms with Gasteiger partial charge in [0.2, 0.25) is 0 Å². The fraction of sp³-hybridized carbons (Fsp3) is 0.133. The maximum absolute atomic E-state index is 12.9. The van der Waals surface area contributed by atoms with Gasteiger partial charge in [-0.2, -0.15) is 13.2 Å². The SMILES string of the molecule is COc1ccccc1-n1c(=O)[nH]c2cc(C(F)(F)F)c(Cl)cc21. The van der Waals surface area contributed by atoms with Gasteiger partial charge in [-0.15, -0.1) is 0 Å². The third-order valence-corrected chi connectivity index (χ3v) is 3.72. The Balaban J connectivity index is 2.34. The van der Waals surface area contributed by atoms with Gasteiger partial charge in [-0.3, -0.25) is 4.57 Å². The van der Waals surface area contributed by atoms with Crippen molar-refractivity contribution in [1.82, 2.24) is 9.55 Å². The lowest BCUT2D eigenvalue weighted by Gasteiger charge is -2.11. The molecule has 0 radical (unpaired) electrons. The number of ether oxygens (including phenoxy) is 1. The Bertz CT molecular complexity index is 944. The normalized spacial score (nSPS) is 11.9. The van der Waals surface area contributed by atoms with E-state index in [0.29, 0.717) is 11.4 Å². The van der Waals surface area contributed by atoms with Crippen LogP contribution in [0.5, 0.6) is 5.75 Å². The van der Waals surface area contributed by atoms with Crippen LogP contribution in [0.4, 0.5) is 13.2 Å². The number of nitrogens with zero attached hydrogens (tertiary/aromatic N) is 1. The Hall–Kier alpha value is -2.41. The van der Waals surface area contributed by atoms with Crippen molar-refractivity contribution in [3.05, 3.63) is 57.5 Å². The molecule has 0 aliphatic carbocycles. The van der Waals surface area contributed by atoms with E-state index in [2.05, 4.69) is 4.98 Å². The van der Waals surface area contributed by atoms with E-state index in [-0.39, 0.29) is 11.0 Å². The predicted molar refractivity (Wildman–Crippen MR) is 80.5 cm³/mol. The number of hydrogen-bond acceptors (Lipinski definition) is 2. The molecule has 0 spiro atoms. The summed E-state index contributed by atoms with van der Waals surface area (Å²) in [6.07, 6.45) is -4.60. The van der Waals surface area contributed by atoms with Gasteiger partial charge in [-0.1, -0.05) is 23.7 Å². The number of hydrogen-bond donors (Lipinski definition) is 1. The van der Waals surface area contributed by atoms with Crippen LogP contribution >= 0.6 is 11.6 Å². The first-order valence-corrected chi connectivity index (χ1v) is 6.85. The standard InChI is InChI=1S/C15H10ClF3N2O2/c1-23-13-5-3-2-4-11(13)21-12-7-9(16)8(15(17,18)19)6-10(12)20-14(21)22/h2-7H,1H3,(H,20,22). The fourth-order valence-electron chi connectivity index (χ4n) is 2.40. The van der Waals surface area contributed by atoms with E-state index >= 15 is 0 Å². The number of rotatable bonds is 2. The smallest absolute Gasteiger partial charge is 0.417 e. The molecule has 3 rings (SSSR count). The highest BCUT2D eigenvalue weighted by Gasteiger charge is 2.34. The summed E-state index contributed by atoms with van der Waals surface area (Å²) in [4.78, 5) is 14.6. The zero-order chi connectivity index (χ0) is 16.8. The topological polar surface area (TPSA) is 47.0 Å². The van der Waals surface area contributed by atoms with Gasteiger partial charge < -0.3 is 9.72 Å². The second-order valence-corrected chi connectivity index (χ2v) is 5.19. The molecule has 0 unspecified atom stereocenters. The lowest BCUT2D eigenvalue weighted by atomic mass is 10.2. The average molecular weight is 343 g/mol. The highest BCUT2D eigenvalue weighted by Crippen LogP contribution is 2.37. The largest absolute Gasteiger partial charge is 0.495 e. The first-order chi connectivity index (χ1) is 10.8. The van der Waals surface area contributed by atoms with E-state index in [9.17, 15) is 18.0 Å². The van der Waals surface area contributed by atoms with Gasteiger partial charge in [0.15, 0.2) is 0 Å². The number of methoxy groups -OCH3 is 1. The molecule has 0 atom stereocenters. The molecule has 2 aromatic carbocycles. The van der Waals surface area contributed by atoms with Crippen LogP contribution in [0.3, 0.4) is 0 Å². The Kier molecular flexibility index (Phi) is 3.60. The van der Waals surface area contributed by atoms with Crippen LogP contribution in [0.25, 0.3) is 16.7 Å². The lowest BCUT2D eigenvalue weighted by molar-refractivity contribution is -0.137. The molecule has 0 saturated heterocycles. The van der Waals surface area contributed by atoms with Gasteiger partial charge in [0, 0.05) is 0 Å². The van der Waals surface area contributed by atoms with E-state index in [1.54, 1.807) is 24.3 Å². The number of H-pyrrole nitrogens is 1. The van der Waals surface area contributed by atoms with Crippen molar-refractivity contribution in [3.63, 3.8) is 0 Å². The summed E-state index contributed by atoms with van der Waals surface area (Å²) in [5, 5.41) is -0.479. The van der Waals surface area contributed by atoms with Crippen LogP contribution in [-0.2, 0) is 6.18 Å². The van der Waals surface area contributed by atoms with E-state index in [0.717, 1.165) is 12.1 Å². The maximum Gasteiger partial charge on any atom is 0.417 e. The summed E-state index contributed by atoms with van der Waals surface area (Å²) in [6, 6.07) is 8.62. The zero-order valence-electron chi connectivity index (χ0n) is 11.7. The molecule has 1 N–H and O–H groups in total. The Labute approximate surface area is 133 Å². The molecule has 0 aliphatic rings. The van der Waals surface area contributed by atoms with Crippen molar-refractivity contribution in [1.29, 1.82) is 0 Å². The van der Waals surface area contributed by atoms with Crippen molar-refractivity contribution in [3.8, 4) is 11.4 Å². The van der Waals surface area contributed by atoms with Crippen LogP contribution in [0.15, 0.2) is 41.2 Å². The van der Waals surface area contributed by atoms with Crippen LogP contribution in [-0.4, -0.2) is 16.7 Å². The molecule has 0 amide bonds. The van der Waals surface area contributed by atoms with Gasteiger partial charge in [0.25, 0.3) is 0 Å². The number of nitrogens with one attached hydrogen (secondary N) is 1. The molecule has 1 aromatic heterocycles.